The molecule has 138 valence electrons. The Morgan fingerprint density at radius 3 is 2.40 bits per heavy atom. The smallest absolute Gasteiger partial charge is 0.241 e. The first-order valence-corrected chi connectivity index (χ1v) is 9.14. The summed E-state index contributed by atoms with van der Waals surface area (Å²) < 4.78 is 0. The van der Waals surface area contributed by atoms with Crippen LogP contribution in [0, 0.1) is 5.41 Å². The van der Waals surface area contributed by atoms with Crippen molar-refractivity contribution >= 4 is 11.9 Å². The molecule has 2 rings (SSSR count). The summed E-state index contributed by atoms with van der Waals surface area (Å²) in [7, 11) is 0. The van der Waals surface area contributed by atoms with Crippen LogP contribution in [0.25, 0.3) is 0 Å². The number of rotatable bonds is 6. The summed E-state index contributed by atoms with van der Waals surface area (Å²) >= 11 is 0. The zero-order valence-corrected chi connectivity index (χ0v) is 16.2. The Morgan fingerprint density at radius 2 is 1.84 bits per heavy atom. The molecule has 25 heavy (non-hydrogen) atoms. The third kappa shape index (κ3) is 4.53. The van der Waals surface area contributed by atoms with E-state index in [1.807, 2.05) is 25.1 Å². The number of carbonyl (C=O) groups is 1. The molecule has 1 aromatic carbocycles. The van der Waals surface area contributed by atoms with Crippen LogP contribution in [-0.4, -0.2) is 48.5 Å². The minimum absolute atomic E-state index is 0.0256. The van der Waals surface area contributed by atoms with Gasteiger partial charge in [-0.25, -0.2) is 4.99 Å². The van der Waals surface area contributed by atoms with Crippen LogP contribution in [0.5, 0.6) is 0 Å². The van der Waals surface area contributed by atoms with Crippen LogP contribution in [0.4, 0.5) is 0 Å². The molecule has 0 bridgehead atoms. The first-order chi connectivity index (χ1) is 11.8. The number of guanidine groups is 1. The molecule has 0 aromatic heterocycles. The van der Waals surface area contributed by atoms with Crippen molar-refractivity contribution in [3.05, 3.63) is 35.9 Å². The van der Waals surface area contributed by atoms with Crippen molar-refractivity contribution in [1.82, 2.24) is 15.5 Å². The molecule has 1 amide bonds. The Bertz CT molecular complexity index is 607. The molecule has 0 spiro atoms. The second-order valence-corrected chi connectivity index (χ2v) is 7.78. The molecule has 0 unspecified atom stereocenters. The van der Waals surface area contributed by atoms with E-state index in [1.165, 1.54) is 5.56 Å². The number of carbonyl (C=O) groups excluding carboxylic acids is 1. The van der Waals surface area contributed by atoms with Crippen molar-refractivity contribution in [2.24, 2.45) is 10.4 Å². The fourth-order valence-electron chi connectivity index (χ4n) is 2.99. The first kappa shape index (κ1) is 19.3. The molecule has 1 aromatic rings. The van der Waals surface area contributed by atoms with Gasteiger partial charge in [0, 0.05) is 30.6 Å². The van der Waals surface area contributed by atoms with Gasteiger partial charge >= 0.3 is 0 Å². The Kier molecular flexibility index (Phi) is 6.09. The molecule has 5 nitrogen and oxygen atoms in total. The molecule has 0 saturated carbocycles. The Hall–Kier alpha value is -2.04. The van der Waals surface area contributed by atoms with Crippen molar-refractivity contribution in [3.63, 3.8) is 0 Å². The van der Waals surface area contributed by atoms with Crippen LogP contribution >= 0.6 is 0 Å². The van der Waals surface area contributed by atoms with Crippen LogP contribution < -0.4 is 10.6 Å². The highest BCUT2D eigenvalue weighted by Crippen LogP contribution is 2.46. The Labute approximate surface area is 151 Å². The molecular formula is C20H32N4O. The molecule has 0 atom stereocenters. The summed E-state index contributed by atoms with van der Waals surface area (Å²) in [4.78, 5) is 18.9. The number of hydrogen-bond acceptors (Lipinski definition) is 2. The van der Waals surface area contributed by atoms with Crippen molar-refractivity contribution in [2.45, 2.75) is 46.6 Å². The number of aliphatic imine (C=N–C) groups is 1. The number of likely N-dealkylation sites (tertiary alicyclic amines) is 1. The predicted molar refractivity (Wildman–Crippen MR) is 104 cm³/mol. The van der Waals surface area contributed by atoms with Crippen LogP contribution in [0.15, 0.2) is 35.3 Å². The van der Waals surface area contributed by atoms with Gasteiger partial charge in [0.25, 0.3) is 0 Å². The summed E-state index contributed by atoms with van der Waals surface area (Å²) in [6.07, 6.45) is 0.837. The monoisotopic (exact) mass is 344 g/mol. The standard InChI is InChI=1S/C20H32N4O/c1-6-21-18(24-15-19(2,3)20(24,4)5)23-14-17(25)22-13-12-16-10-8-7-9-11-16/h7-11H,6,12-15H2,1-5H3,(H,21,23)(H,22,25). The largest absolute Gasteiger partial charge is 0.356 e. The van der Waals surface area contributed by atoms with E-state index in [2.05, 4.69) is 60.4 Å². The topological polar surface area (TPSA) is 56.7 Å². The Morgan fingerprint density at radius 1 is 1.16 bits per heavy atom. The molecule has 1 aliphatic rings. The van der Waals surface area contributed by atoms with E-state index in [-0.39, 0.29) is 23.4 Å². The fraction of sp³-hybridized carbons (Fsp3) is 0.600. The van der Waals surface area contributed by atoms with E-state index in [0.29, 0.717) is 6.54 Å². The lowest BCUT2D eigenvalue weighted by Crippen LogP contribution is -2.72. The lowest BCUT2D eigenvalue weighted by Gasteiger charge is -2.62. The summed E-state index contributed by atoms with van der Waals surface area (Å²) in [6, 6.07) is 10.2. The average Bonchev–Trinajstić information content (AvgIpc) is 2.58. The van der Waals surface area contributed by atoms with Gasteiger partial charge in [0.1, 0.15) is 6.54 Å². The molecule has 5 heteroatoms. The van der Waals surface area contributed by atoms with Gasteiger partial charge in [-0.3, -0.25) is 4.79 Å². The highest BCUT2D eigenvalue weighted by atomic mass is 16.1. The third-order valence-electron chi connectivity index (χ3n) is 5.43. The van der Waals surface area contributed by atoms with Crippen molar-refractivity contribution in [1.29, 1.82) is 0 Å². The van der Waals surface area contributed by atoms with Crippen LogP contribution in [0.1, 0.15) is 40.2 Å². The minimum Gasteiger partial charge on any atom is -0.356 e. The lowest BCUT2D eigenvalue weighted by atomic mass is 9.65. The molecule has 1 saturated heterocycles. The van der Waals surface area contributed by atoms with Crippen LogP contribution in [-0.2, 0) is 11.2 Å². The van der Waals surface area contributed by atoms with E-state index < -0.39 is 0 Å². The maximum Gasteiger partial charge on any atom is 0.241 e. The average molecular weight is 345 g/mol. The molecule has 0 radical (unpaired) electrons. The van der Waals surface area contributed by atoms with Gasteiger partial charge in [-0.15, -0.1) is 0 Å². The first-order valence-electron chi connectivity index (χ1n) is 9.14. The van der Waals surface area contributed by atoms with Gasteiger partial charge in [0.2, 0.25) is 5.91 Å². The summed E-state index contributed by atoms with van der Waals surface area (Å²) in [5.41, 5.74) is 1.49. The lowest BCUT2D eigenvalue weighted by molar-refractivity contribution is -0.119. The minimum atomic E-state index is -0.0380. The molecule has 1 aliphatic heterocycles. The highest BCUT2D eigenvalue weighted by Gasteiger charge is 2.53. The normalized spacial score (nSPS) is 18.4. The fourth-order valence-corrected chi connectivity index (χ4v) is 2.99. The van der Waals surface area contributed by atoms with Gasteiger partial charge < -0.3 is 15.5 Å². The van der Waals surface area contributed by atoms with Crippen LogP contribution in [0.2, 0.25) is 0 Å². The second-order valence-electron chi connectivity index (χ2n) is 7.78. The van der Waals surface area contributed by atoms with Gasteiger partial charge in [-0.05, 0) is 32.8 Å². The van der Waals surface area contributed by atoms with Gasteiger partial charge in [-0.1, -0.05) is 44.2 Å². The summed E-state index contributed by atoms with van der Waals surface area (Å²) in [6.45, 7) is 13.6. The molecular weight excluding hydrogens is 312 g/mol. The summed E-state index contributed by atoms with van der Waals surface area (Å²) in [5.74, 6) is 0.786. The van der Waals surface area contributed by atoms with Crippen LogP contribution in [0.3, 0.4) is 0 Å². The third-order valence-corrected chi connectivity index (χ3v) is 5.43. The van der Waals surface area contributed by atoms with E-state index in [0.717, 1.165) is 25.5 Å². The number of benzene rings is 1. The Balaban J connectivity index is 1.85. The van der Waals surface area contributed by atoms with E-state index >= 15 is 0 Å². The van der Waals surface area contributed by atoms with Gasteiger partial charge in [-0.2, -0.15) is 0 Å². The second kappa shape index (κ2) is 7.89. The molecule has 0 aliphatic carbocycles. The maximum atomic E-state index is 12.1. The number of nitrogens with one attached hydrogen (secondary N) is 2. The number of hydrogen-bond donors (Lipinski definition) is 2. The predicted octanol–water partition coefficient (Wildman–Crippen LogP) is 2.43. The molecule has 1 fully saturated rings. The maximum absolute atomic E-state index is 12.1. The molecule has 2 N–H and O–H groups in total. The van der Waals surface area contributed by atoms with Gasteiger partial charge in [0.05, 0.1) is 0 Å². The van der Waals surface area contributed by atoms with E-state index in [4.69, 9.17) is 0 Å². The number of nitrogens with zero attached hydrogens (tertiary/aromatic N) is 2. The highest BCUT2D eigenvalue weighted by molar-refractivity contribution is 5.86. The zero-order chi connectivity index (χ0) is 18.5. The molecule has 1 heterocycles. The van der Waals surface area contributed by atoms with E-state index in [9.17, 15) is 4.79 Å². The SMILES string of the molecule is CCNC(=NCC(=O)NCCc1ccccc1)N1CC(C)(C)C1(C)C. The summed E-state index contributed by atoms with van der Waals surface area (Å²) in [5, 5.41) is 6.26. The van der Waals surface area contributed by atoms with Crippen molar-refractivity contribution in [2.75, 3.05) is 26.2 Å². The zero-order valence-electron chi connectivity index (χ0n) is 16.2. The van der Waals surface area contributed by atoms with Crippen molar-refractivity contribution < 1.29 is 4.79 Å². The van der Waals surface area contributed by atoms with Crippen molar-refractivity contribution in [3.8, 4) is 0 Å². The van der Waals surface area contributed by atoms with Gasteiger partial charge in [0.15, 0.2) is 5.96 Å². The quantitative estimate of drug-likeness (QED) is 0.615. The van der Waals surface area contributed by atoms with E-state index in [1.54, 1.807) is 0 Å². The number of amides is 1.